The fourth-order valence-corrected chi connectivity index (χ4v) is 5.32. The largest absolute Gasteiger partial charge is 0.344 e. The van der Waals surface area contributed by atoms with Crippen molar-refractivity contribution in [2.45, 2.75) is 31.3 Å². The normalized spacial score (nSPS) is 17.3. The molecular weight excluding hydrogens is 374 g/mol. The van der Waals surface area contributed by atoms with Gasteiger partial charge in [-0.15, -0.1) is 0 Å². The number of aryl methyl sites for hydroxylation is 2. The van der Waals surface area contributed by atoms with E-state index in [0.29, 0.717) is 22.6 Å². The first kappa shape index (κ1) is 18.4. The molecule has 1 aliphatic heterocycles. The zero-order valence-electron chi connectivity index (χ0n) is 15.7. The third-order valence-corrected chi connectivity index (χ3v) is 6.79. The van der Waals surface area contributed by atoms with Gasteiger partial charge >= 0.3 is 0 Å². The zero-order valence-corrected chi connectivity index (χ0v) is 16.5. The number of fused-ring (bicyclic) bond motifs is 1. The van der Waals surface area contributed by atoms with Gasteiger partial charge in [0.05, 0.1) is 28.9 Å². The average molecular weight is 395 g/mol. The topological polar surface area (TPSA) is 81.1 Å². The Morgan fingerprint density at radius 1 is 1.14 bits per heavy atom. The lowest BCUT2D eigenvalue weighted by Gasteiger charge is -2.13. The van der Waals surface area contributed by atoms with Crippen molar-refractivity contribution >= 4 is 15.7 Å². The van der Waals surface area contributed by atoms with E-state index >= 15 is 0 Å². The molecule has 3 aromatic rings. The van der Waals surface area contributed by atoms with E-state index in [9.17, 15) is 13.2 Å². The van der Waals surface area contributed by atoms with Crippen LogP contribution >= 0.6 is 0 Å². The molecule has 144 valence electrons. The summed E-state index contributed by atoms with van der Waals surface area (Å²) in [4.78, 5) is 12.9. The molecule has 1 aliphatic rings. The summed E-state index contributed by atoms with van der Waals surface area (Å²) in [6.07, 6.45) is 0. The molecule has 1 amide bonds. The van der Waals surface area contributed by atoms with Crippen molar-refractivity contribution in [3.8, 4) is 0 Å². The third-order valence-electron chi connectivity index (χ3n) is 4.97. The molecule has 0 aliphatic carbocycles. The van der Waals surface area contributed by atoms with Crippen LogP contribution in [0.2, 0.25) is 0 Å². The van der Waals surface area contributed by atoms with Crippen LogP contribution in [-0.2, 0) is 16.4 Å². The zero-order chi connectivity index (χ0) is 19.9. The molecule has 0 bridgehead atoms. The third kappa shape index (κ3) is 3.45. The molecule has 7 heteroatoms. The molecule has 1 atom stereocenters. The highest BCUT2D eigenvalue weighted by Gasteiger charge is 2.35. The standard InChI is InChI=1S/C21H21N3O3S/c1-14-11-15(2)24(23-14)12-16-7-9-17(10-8-16)21(25)22-19-13-28(26,27)20-6-4-3-5-18(19)20/h3-11,19H,12-13H2,1-2H3,(H,22,25)/t19-/m0/s1. The van der Waals surface area contributed by atoms with Gasteiger partial charge < -0.3 is 5.32 Å². The summed E-state index contributed by atoms with van der Waals surface area (Å²) in [6, 6.07) is 15.6. The summed E-state index contributed by atoms with van der Waals surface area (Å²) < 4.78 is 26.5. The quantitative estimate of drug-likeness (QED) is 0.737. The summed E-state index contributed by atoms with van der Waals surface area (Å²) in [6.45, 7) is 4.60. The second kappa shape index (κ2) is 6.91. The molecule has 0 saturated heterocycles. The Kier molecular flexibility index (Phi) is 4.55. The minimum Gasteiger partial charge on any atom is -0.344 e. The Bertz CT molecular complexity index is 1150. The van der Waals surface area contributed by atoms with Crippen LogP contribution in [0.3, 0.4) is 0 Å². The molecule has 1 N–H and O–H groups in total. The molecule has 2 aromatic carbocycles. The maximum absolute atomic E-state index is 12.6. The summed E-state index contributed by atoms with van der Waals surface area (Å²) in [5, 5.41) is 7.30. The molecule has 0 spiro atoms. The van der Waals surface area contributed by atoms with Crippen LogP contribution in [-0.4, -0.2) is 29.9 Å². The second-order valence-corrected chi connectivity index (χ2v) is 9.13. The van der Waals surface area contributed by atoms with Crippen molar-refractivity contribution in [2.24, 2.45) is 0 Å². The van der Waals surface area contributed by atoms with Crippen molar-refractivity contribution in [2.75, 3.05) is 5.75 Å². The van der Waals surface area contributed by atoms with Crippen LogP contribution in [0.1, 0.15) is 38.9 Å². The summed E-state index contributed by atoms with van der Waals surface area (Å²) in [5.74, 6) is -0.386. The molecule has 6 nitrogen and oxygen atoms in total. The Morgan fingerprint density at radius 3 is 2.54 bits per heavy atom. The van der Waals surface area contributed by atoms with E-state index < -0.39 is 15.9 Å². The predicted molar refractivity (Wildman–Crippen MR) is 106 cm³/mol. The molecule has 4 rings (SSSR count). The first-order valence-electron chi connectivity index (χ1n) is 9.06. The maximum atomic E-state index is 12.6. The minimum atomic E-state index is -3.35. The smallest absolute Gasteiger partial charge is 0.251 e. The van der Waals surface area contributed by atoms with Gasteiger partial charge in [-0.1, -0.05) is 30.3 Å². The number of carbonyl (C=O) groups is 1. The van der Waals surface area contributed by atoms with Crippen molar-refractivity contribution in [3.63, 3.8) is 0 Å². The number of benzene rings is 2. The van der Waals surface area contributed by atoms with Gasteiger partial charge in [-0.25, -0.2) is 8.42 Å². The number of hydrogen-bond acceptors (Lipinski definition) is 4. The van der Waals surface area contributed by atoms with Crippen molar-refractivity contribution in [3.05, 3.63) is 82.7 Å². The SMILES string of the molecule is Cc1cc(C)n(Cc2ccc(C(=O)N[C@H]3CS(=O)(=O)c4ccccc43)cc2)n1. The monoisotopic (exact) mass is 395 g/mol. The van der Waals surface area contributed by atoms with Gasteiger partial charge in [-0.3, -0.25) is 9.48 Å². The molecule has 0 unspecified atom stereocenters. The highest BCUT2D eigenvalue weighted by Crippen LogP contribution is 2.33. The number of amides is 1. The van der Waals surface area contributed by atoms with Crippen LogP contribution in [0.15, 0.2) is 59.5 Å². The number of nitrogens with one attached hydrogen (secondary N) is 1. The van der Waals surface area contributed by atoms with Gasteiger partial charge in [0.25, 0.3) is 5.91 Å². The maximum Gasteiger partial charge on any atom is 0.251 e. The van der Waals surface area contributed by atoms with Gasteiger partial charge in [0, 0.05) is 11.3 Å². The number of nitrogens with zero attached hydrogens (tertiary/aromatic N) is 2. The van der Waals surface area contributed by atoms with Crippen LogP contribution in [0, 0.1) is 13.8 Å². The van der Waals surface area contributed by atoms with E-state index in [2.05, 4.69) is 10.4 Å². The lowest BCUT2D eigenvalue weighted by atomic mass is 10.1. The van der Waals surface area contributed by atoms with Crippen molar-refractivity contribution in [1.29, 1.82) is 0 Å². The molecule has 0 saturated carbocycles. The number of rotatable bonds is 4. The van der Waals surface area contributed by atoms with E-state index in [0.717, 1.165) is 17.0 Å². The molecule has 1 aromatic heterocycles. The molecule has 28 heavy (non-hydrogen) atoms. The lowest BCUT2D eigenvalue weighted by Crippen LogP contribution is -2.29. The van der Waals surface area contributed by atoms with Crippen LogP contribution < -0.4 is 5.32 Å². The van der Waals surface area contributed by atoms with Crippen LogP contribution in [0.5, 0.6) is 0 Å². The van der Waals surface area contributed by atoms with Gasteiger partial charge in [0.15, 0.2) is 9.84 Å². The van der Waals surface area contributed by atoms with Gasteiger partial charge in [0.1, 0.15) is 0 Å². The predicted octanol–water partition coefficient (Wildman–Crippen LogP) is 2.81. The summed E-state index contributed by atoms with van der Waals surface area (Å²) >= 11 is 0. The number of aromatic nitrogens is 2. The Labute approximate surface area is 164 Å². The highest BCUT2D eigenvalue weighted by molar-refractivity contribution is 7.91. The number of hydrogen-bond donors (Lipinski definition) is 1. The molecular formula is C21H21N3O3S. The Morgan fingerprint density at radius 2 is 1.86 bits per heavy atom. The van der Waals surface area contributed by atoms with E-state index in [4.69, 9.17) is 0 Å². The Hall–Kier alpha value is -2.93. The number of sulfone groups is 1. The van der Waals surface area contributed by atoms with Gasteiger partial charge in [0.2, 0.25) is 0 Å². The lowest BCUT2D eigenvalue weighted by molar-refractivity contribution is 0.0940. The fraction of sp³-hybridized carbons (Fsp3) is 0.238. The van der Waals surface area contributed by atoms with Gasteiger partial charge in [-0.05, 0) is 49.2 Å². The van der Waals surface area contributed by atoms with Crippen LogP contribution in [0.25, 0.3) is 0 Å². The Balaban J connectivity index is 1.48. The number of carbonyl (C=O) groups excluding carboxylic acids is 1. The van der Waals surface area contributed by atoms with E-state index in [1.807, 2.05) is 36.7 Å². The molecule has 2 heterocycles. The van der Waals surface area contributed by atoms with Gasteiger partial charge in [-0.2, -0.15) is 5.10 Å². The van der Waals surface area contributed by atoms with Crippen LogP contribution in [0.4, 0.5) is 0 Å². The van der Waals surface area contributed by atoms with Crippen molar-refractivity contribution < 1.29 is 13.2 Å². The first-order chi connectivity index (χ1) is 13.3. The highest BCUT2D eigenvalue weighted by atomic mass is 32.2. The molecule has 0 radical (unpaired) electrons. The van der Waals surface area contributed by atoms with Crippen molar-refractivity contribution in [1.82, 2.24) is 15.1 Å². The minimum absolute atomic E-state index is 0.103. The fourth-order valence-electron chi connectivity index (χ4n) is 3.58. The van der Waals surface area contributed by atoms with E-state index in [-0.39, 0.29) is 11.7 Å². The molecule has 0 fully saturated rings. The van der Waals surface area contributed by atoms with E-state index in [1.165, 1.54) is 0 Å². The summed E-state index contributed by atoms with van der Waals surface area (Å²) in [7, 11) is -3.35. The van der Waals surface area contributed by atoms with E-state index in [1.54, 1.807) is 36.4 Å². The summed E-state index contributed by atoms with van der Waals surface area (Å²) in [5.41, 5.74) is 4.24. The second-order valence-electron chi connectivity index (χ2n) is 7.13. The first-order valence-corrected chi connectivity index (χ1v) is 10.7. The average Bonchev–Trinajstić information content (AvgIpc) is 3.11.